The quantitative estimate of drug-likeness (QED) is 0.373. The van der Waals surface area contributed by atoms with Crippen LogP contribution in [0.5, 0.6) is 0 Å². The van der Waals surface area contributed by atoms with E-state index in [0.29, 0.717) is 0 Å². The number of hydrogen-bond acceptors (Lipinski definition) is 1. The summed E-state index contributed by atoms with van der Waals surface area (Å²) in [5, 5.41) is 3.08. The summed E-state index contributed by atoms with van der Waals surface area (Å²) in [4.78, 5) is 0.943. The van der Waals surface area contributed by atoms with Crippen molar-refractivity contribution in [2.75, 3.05) is 6.54 Å². The van der Waals surface area contributed by atoms with Crippen LogP contribution in [0.2, 0.25) is 0 Å². The van der Waals surface area contributed by atoms with Crippen LogP contribution in [0.4, 0.5) is 0 Å². The monoisotopic (exact) mass is 170 g/mol. The fourth-order valence-corrected chi connectivity index (χ4v) is 0.964. The zero-order valence-corrected chi connectivity index (χ0v) is 7.75. The fourth-order valence-electron chi connectivity index (χ4n) is 0.737. The van der Waals surface area contributed by atoms with Gasteiger partial charge in [0.25, 0.3) is 0 Å². The van der Waals surface area contributed by atoms with E-state index < -0.39 is 0 Å². The zero-order valence-electron chi connectivity index (χ0n) is 6.94. The van der Waals surface area contributed by atoms with Crippen molar-refractivity contribution in [1.29, 1.82) is 0 Å². The number of unbranched alkanes of at least 4 members (excludes halogenated alkanes) is 2. The van der Waals surface area contributed by atoms with Crippen molar-refractivity contribution in [2.45, 2.75) is 25.7 Å². The van der Waals surface area contributed by atoms with E-state index >= 15 is 0 Å². The molecular weight excluding hydrogens is 154 g/mol. The van der Waals surface area contributed by atoms with Crippen molar-refractivity contribution >= 4 is 17.2 Å². The number of rotatable bonds is 6. The van der Waals surface area contributed by atoms with Crippen LogP contribution in [0.15, 0.2) is 12.7 Å². The van der Waals surface area contributed by atoms with Gasteiger partial charge in [0.15, 0.2) is 0 Å². The molecule has 1 radical (unpaired) electrons. The summed E-state index contributed by atoms with van der Waals surface area (Å²) in [6.45, 7) is 8.14. The van der Waals surface area contributed by atoms with Gasteiger partial charge in [0.1, 0.15) is 0 Å². The SMILES string of the molecule is [CH2]CCCCC(=S)NCC=C. The first kappa shape index (κ1) is 10.6. The summed E-state index contributed by atoms with van der Waals surface area (Å²) in [5.74, 6) is 0. The van der Waals surface area contributed by atoms with Crippen LogP contribution in [0.3, 0.4) is 0 Å². The molecule has 1 N–H and O–H groups in total. The Bertz CT molecular complexity index is 121. The van der Waals surface area contributed by atoms with E-state index in [9.17, 15) is 0 Å². The van der Waals surface area contributed by atoms with E-state index in [4.69, 9.17) is 12.2 Å². The highest BCUT2D eigenvalue weighted by molar-refractivity contribution is 7.80. The molecule has 0 fully saturated rings. The molecule has 0 bridgehead atoms. The standard InChI is InChI=1S/C9H16NS/c1-3-5-6-7-9(11)10-8-4-2/h4H,1-3,5-8H2,(H,10,11). The van der Waals surface area contributed by atoms with E-state index in [0.717, 1.165) is 37.2 Å². The maximum atomic E-state index is 5.05. The maximum Gasteiger partial charge on any atom is 0.0755 e. The first-order valence-electron chi connectivity index (χ1n) is 3.98. The second-order valence-corrected chi connectivity index (χ2v) is 2.90. The Hall–Kier alpha value is -0.370. The average molecular weight is 170 g/mol. The van der Waals surface area contributed by atoms with Gasteiger partial charge < -0.3 is 5.32 Å². The van der Waals surface area contributed by atoms with Crippen LogP contribution in [0.1, 0.15) is 25.7 Å². The lowest BCUT2D eigenvalue weighted by atomic mass is 10.2. The predicted octanol–water partition coefficient (Wildman–Crippen LogP) is 2.48. The molecular formula is C9H16NS. The van der Waals surface area contributed by atoms with Crippen LogP contribution in [0, 0.1) is 6.92 Å². The van der Waals surface area contributed by atoms with E-state index in [2.05, 4.69) is 18.8 Å². The molecule has 0 aliphatic heterocycles. The van der Waals surface area contributed by atoms with Crippen molar-refractivity contribution < 1.29 is 0 Å². The molecule has 0 aliphatic carbocycles. The van der Waals surface area contributed by atoms with Crippen molar-refractivity contribution in [3.63, 3.8) is 0 Å². The van der Waals surface area contributed by atoms with Gasteiger partial charge in [-0.05, 0) is 12.8 Å². The molecule has 0 heterocycles. The second kappa shape index (κ2) is 7.73. The highest BCUT2D eigenvalue weighted by Gasteiger charge is 1.92. The normalized spacial score (nSPS) is 9.18. The van der Waals surface area contributed by atoms with Gasteiger partial charge in [-0.3, -0.25) is 0 Å². The lowest BCUT2D eigenvalue weighted by Gasteiger charge is -2.03. The van der Waals surface area contributed by atoms with Gasteiger partial charge in [0.2, 0.25) is 0 Å². The van der Waals surface area contributed by atoms with Crippen LogP contribution in [-0.2, 0) is 0 Å². The summed E-state index contributed by atoms with van der Waals surface area (Å²) in [7, 11) is 0. The molecule has 11 heavy (non-hydrogen) atoms. The largest absolute Gasteiger partial charge is 0.376 e. The number of hydrogen-bond donors (Lipinski definition) is 1. The van der Waals surface area contributed by atoms with Crippen LogP contribution in [-0.4, -0.2) is 11.5 Å². The van der Waals surface area contributed by atoms with Crippen LogP contribution >= 0.6 is 12.2 Å². The Balaban J connectivity index is 3.15. The minimum absolute atomic E-state index is 0.781. The molecule has 0 rings (SSSR count). The molecule has 0 aliphatic rings. The molecule has 0 aromatic heterocycles. The fraction of sp³-hybridized carbons (Fsp3) is 0.556. The smallest absolute Gasteiger partial charge is 0.0755 e. The molecule has 0 atom stereocenters. The van der Waals surface area contributed by atoms with Crippen molar-refractivity contribution in [3.8, 4) is 0 Å². The number of thiocarbonyl (C=S) groups is 1. The second-order valence-electron chi connectivity index (χ2n) is 2.40. The van der Waals surface area contributed by atoms with Gasteiger partial charge in [-0.1, -0.05) is 38.1 Å². The summed E-state index contributed by atoms with van der Waals surface area (Å²) in [6, 6.07) is 0. The maximum absolute atomic E-state index is 5.05. The van der Waals surface area contributed by atoms with Crippen molar-refractivity contribution in [2.24, 2.45) is 0 Å². The summed E-state index contributed by atoms with van der Waals surface area (Å²) in [6.07, 6.45) is 6.11. The van der Waals surface area contributed by atoms with Crippen LogP contribution in [0.25, 0.3) is 0 Å². The molecule has 0 aromatic carbocycles. The topological polar surface area (TPSA) is 12.0 Å². The molecule has 0 spiro atoms. The zero-order chi connectivity index (χ0) is 8.53. The summed E-state index contributed by atoms with van der Waals surface area (Å²) < 4.78 is 0. The third-order valence-corrected chi connectivity index (χ3v) is 1.70. The molecule has 0 unspecified atom stereocenters. The van der Waals surface area contributed by atoms with Gasteiger partial charge in [0.05, 0.1) is 4.99 Å². The van der Waals surface area contributed by atoms with E-state index in [-0.39, 0.29) is 0 Å². The van der Waals surface area contributed by atoms with E-state index in [1.165, 1.54) is 0 Å². The number of nitrogens with one attached hydrogen (secondary N) is 1. The minimum atomic E-state index is 0.781. The molecule has 2 heteroatoms. The van der Waals surface area contributed by atoms with Crippen LogP contribution < -0.4 is 5.32 Å². The van der Waals surface area contributed by atoms with Gasteiger partial charge in [-0.2, -0.15) is 0 Å². The lowest BCUT2D eigenvalue weighted by molar-refractivity contribution is 0.768. The van der Waals surface area contributed by atoms with E-state index in [1.807, 2.05) is 6.08 Å². The Morgan fingerprint density at radius 2 is 2.18 bits per heavy atom. The molecule has 0 amide bonds. The average Bonchev–Trinajstić information content (AvgIpc) is 2.01. The highest BCUT2D eigenvalue weighted by atomic mass is 32.1. The molecule has 0 aromatic rings. The summed E-state index contributed by atoms with van der Waals surface area (Å²) >= 11 is 5.05. The van der Waals surface area contributed by atoms with Crippen molar-refractivity contribution in [1.82, 2.24) is 5.32 Å². The Morgan fingerprint density at radius 3 is 2.73 bits per heavy atom. The van der Waals surface area contributed by atoms with Gasteiger partial charge in [0, 0.05) is 6.54 Å². The molecule has 0 saturated heterocycles. The van der Waals surface area contributed by atoms with Gasteiger partial charge in [-0.25, -0.2) is 0 Å². The Kier molecular flexibility index (Phi) is 7.47. The summed E-state index contributed by atoms with van der Waals surface area (Å²) in [5.41, 5.74) is 0. The molecule has 1 nitrogen and oxygen atoms in total. The van der Waals surface area contributed by atoms with Gasteiger partial charge in [-0.15, -0.1) is 6.58 Å². The first-order valence-corrected chi connectivity index (χ1v) is 4.39. The Morgan fingerprint density at radius 1 is 1.45 bits per heavy atom. The van der Waals surface area contributed by atoms with Crippen molar-refractivity contribution in [3.05, 3.63) is 19.6 Å². The Labute approximate surface area is 74.9 Å². The molecule has 63 valence electrons. The lowest BCUT2D eigenvalue weighted by Crippen LogP contribution is -2.20. The van der Waals surface area contributed by atoms with Gasteiger partial charge >= 0.3 is 0 Å². The minimum Gasteiger partial charge on any atom is -0.376 e. The predicted molar refractivity (Wildman–Crippen MR) is 54.6 cm³/mol. The van der Waals surface area contributed by atoms with E-state index in [1.54, 1.807) is 0 Å². The third kappa shape index (κ3) is 7.53. The first-order chi connectivity index (χ1) is 5.31. The third-order valence-electron chi connectivity index (χ3n) is 1.35. The highest BCUT2D eigenvalue weighted by Crippen LogP contribution is 1.98. The molecule has 0 saturated carbocycles.